The molecule has 6 fully saturated rings. The molecular formula is C97H227BN8NaO12. The molecule has 119 heavy (non-hydrogen) atoms. The Balaban J connectivity index is -0.0000000343. The van der Waals surface area contributed by atoms with Gasteiger partial charge in [0.15, 0.2) is 11.6 Å². The quantitative estimate of drug-likeness (QED) is 0.0162. The minimum absolute atomic E-state index is 0. The van der Waals surface area contributed by atoms with Crippen molar-refractivity contribution in [2.45, 2.75) is 204 Å². The number of nitrogens with one attached hydrogen (secondary N) is 3. The summed E-state index contributed by atoms with van der Waals surface area (Å²) in [5, 5.41) is 19.9. The van der Waals surface area contributed by atoms with E-state index in [0.717, 1.165) is 145 Å². The number of amides is 3. The molecule has 6 aliphatic carbocycles. The third kappa shape index (κ3) is 24.0. The third-order valence-electron chi connectivity index (χ3n) is 23.6. The number of aromatic nitrogens is 5. The number of ketones is 2. The van der Waals surface area contributed by atoms with E-state index in [-0.39, 0.29) is 90.0 Å². The van der Waals surface area contributed by atoms with Crippen LogP contribution in [-0.2, 0) is 54.8 Å². The van der Waals surface area contributed by atoms with Gasteiger partial charge in [0.25, 0.3) is 0 Å². The fourth-order valence-corrected chi connectivity index (χ4v) is 16.8. The summed E-state index contributed by atoms with van der Waals surface area (Å²) in [5.74, 6) is 2.73. The summed E-state index contributed by atoms with van der Waals surface area (Å²) >= 11 is 0. The SMILES string of the molecule is CC(=O)OC(C)=O.CCc1ccc(C2CC2)c(C(=O)C2CCC(c3ccc(NC(=O)OCc4ccccc4)cc3)CC2)n1.O=C(Nc1ccc(C2CCC(C(=O)c3c(C4CC4)ccc4cncn34)CC2)cc1)OCc1ccccc1.O=C(Nc1ccc(C2CCC(C(O)c3c(C4CC4)ccc4cncn34)CC2)cc1)OCc1ccccc1.[2HH].[2H][2H].[2H][2H].[2H][2H].[2H][2H].[2H][2H].[2H][2H].[2H][2H].[2H][2H].[2H][2H].[2H][2H].[2H][2H].[2H][2H].[2H][2H].[2H][2H].[2H][2H].[2H][2H].[2H][2H].[2H][2H].[2H][2H].[2H][2H].[2H][2H].[2H][2H].[2H][2H].[2H][2H].[2H][2H].[2H][2H].[2H][2H].[2H][2H].[2H][2H].[2H][2H].[2H][2H].[2H][2H].[2H][2H].[2H][2H].[2H][2H].[2H][2H].[2H][2H].[2H][2H].[2H][2H].[2H][2H].[2H][2H].[2H][2H].[2H][2H].[2H][2H].[2H][2H].[2H][2H].[2H][2H].[2H][2H].[2H][2H].[2H][2H].[2H][2H].[2H][2H].[2H][2H].[2H][2H].[2H][2H].[2H][2H].[2H][2H].[2H][2H].[2H][2H].[2H][2H].[B].[H-].[Na+]. The van der Waals surface area contributed by atoms with Gasteiger partial charge in [-0.2, -0.15) is 0 Å². The van der Waals surface area contributed by atoms with E-state index >= 15 is 0 Å². The summed E-state index contributed by atoms with van der Waals surface area (Å²) in [6, 6.07) is 65.8. The van der Waals surface area contributed by atoms with Gasteiger partial charge in [-0.3, -0.25) is 39.5 Å². The molecule has 0 bridgehead atoms. The number of hydrogen-bond acceptors (Lipinski definition) is 15. The van der Waals surface area contributed by atoms with Gasteiger partial charge in [0.1, 0.15) is 25.5 Å². The molecular weight excluding hydrogens is 1500 g/mol. The second-order valence-corrected chi connectivity index (χ2v) is 32.0. The topological polar surface area (TPSA) is 260 Å². The Labute approximate surface area is 908 Å². The van der Waals surface area contributed by atoms with Crippen LogP contribution in [0.2, 0.25) is 0 Å². The van der Waals surface area contributed by atoms with Crippen LogP contribution in [-0.4, -0.2) is 79.1 Å². The van der Waals surface area contributed by atoms with Crippen molar-refractivity contribution >= 4 is 78.3 Å². The Bertz CT molecular complexity index is 5440. The Hall–Kier alpha value is -10.8. The Morgan fingerprint density at radius 3 is 1.18 bits per heavy atom. The Morgan fingerprint density at radius 2 is 0.790 bits per heavy atom. The molecule has 0 aliphatic heterocycles. The van der Waals surface area contributed by atoms with E-state index in [1.54, 1.807) is 6.33 Å². The average molecular weight is 1850 g/mol. The smallest absolute Gasteiger partial charge is 1.00 e. The van der Waals surface area contributed by atoms with Crippen LogP contribution in [0.5, 0.6) is 0 Å². The number of rotatable bonds is 22. The number of hydrogen-bond donors (Lipinski definition) is 4. The first-order valence-corrected chi connectivity index (χ1v) is 41.6. The van der Waals surface area contributed by atoms with Crippen molar-refractivity contribution in [1.82, 2.24) is 23.8 Å². The van der Waals surface area contributed by atoms with Crippen molar-refractivity contribution in [2.75, 3.05) is 16.0 Å². The Morgan fingerprint density at radius 1 is 0.437 bits per heavy atom. The summed E-state index contributed by atoms with van der Waals surface area (Å²) in [6.07, 6.45) is 25.1. The molecule has 20 nitrogen and oxygen atoms in total. The fraction of sp³-hybridized carbons (Fsp3) is 0.361. The number of imidazole rings is 2. The molecule has 3 amide bonds. The normalized spacial score (nSPS) is 22.8. The van der Waals surface area contributed by atoms with Gasteiger partial charge in [0, 0.05) is 236 Å². The number of carbonyl (C=O) groups excluding carboxylic acids is 7. The number of benzene rings is 6. The summed E-state index contributed by atoms with van der Waals surface area (Å²) < 4.78 is 624. The molecule has 17 rings (SSSR count). The third-order valence-corrected chi connectivity index (χ3v) is 23.6. The first-order chi connectivity index (χ1) is 117. The maximum atomic E-state index is 13.7. The van der Waals surface area contributed by atoms with Crippen molar-refractivity contribution in [2.24, 2.45) is 17.8 Å². The van der Waals surface area contributed by atoms with Gasteiger partial charge in [-0.1, -0.05) is 153 Å². The van der Waals surface area contributed by atoms with Gasteiger partial charge in [-0.25, -0.2) is 29.3 Å². The predicted molar refractivity (Wildman–Crippen MR) is 586 cm³/mol. The van der Waals surface area contributed by atoms with Crippen LogP contribution < -0.4 is 45.5 Å². The molecule has 6 saturated carbocycles. The fourth-order valence-electron chi connectivity index (χ4n) is 16.8. The zero-order valence-corrected chi connectivity index (χ0v) is 70.4. The van der Waals surface area contributed by atoms with E-state index < -0.39 is 36.3 Å². The summed E-state index contributed by atoms with van der Waals surface area (Å²) in [5.41, 5.74) is 18.2. The number of aliphatic hydroxyl groups is 1. The molecule has 4 N–H and O–H groups in total. The first kappa shape index (κ1) is 38.7. The van der Waals surface area contributed by atoms with Crippen LogP contribution in [0.4, 0.5) is 31.4 Å². The minimum atomic E-state index is -0.562. The minimum Gasteiger partial charge on any atom is -1.00 e. The van der Waals surface area contributed by atoms with Gasteiger partial charge in [-0.15, -0.1) is 0 Å². The molecule has 5 heterocycles. The van der Waals surface area contributed by atoms with E-state index in [1.165, 1.54) is 85.8 Å². The van der Waals surface area contributed by atoms with Crippen LogP contribution in [0.3, 0.4) is 0 Å². The first-order valence-electron chi connectivity index (χ1n) is 102. The molecule has 731 valence electrons. The van der Waals surface area contributed by atoms with E-state index in [0.29, 0.717) is 41.2 Å². The molecule has 6 aromatic carbocycles. The summed E-state index contributed by atoms with van der Waals surface area (Å²) in [7, 11) is 0. The van der Waals surface area contributed by atoms with Crippen molar-refractivity contribution in [3.8, 4) is 0 Å². The van der Waals surface area contributed by atoms with Crippen LogP contribution in [0.25, 0.3) is 11.0 Å². The van der Waals surface area contributed by atoms with Crippen LogP contribution in [0, 0.1) is 17.8 Å². The van der Waals surface area contributed by atoms with Gasteiger partial charge in [0.2, 0.25) is 0 Å². The molecule has 1 unspecified atom stereocenters. The predicted octanol–water partition coefficient (Wildman–Crippen LogP) is 33.3. The zero-order chi connectivity index (χ0) is 201. The van der Waals surface area contributed by atoms with Crippen molar-refractivity contribution in [1.29, 1.82) is 0 Å². The maximum absolute atomic E-state index is 13.7. The van der Waals surface area contributed by atoms with Crippen molar-refractivity contribution in [3.05, 3.63) is 298 Å². The monoisotopic (exact) mass is 1850 g/mol. The molecule has 3 radical (unpaired) electrons. The van der Waals surface area contributed by atoms with Crippen molar-refractivity contribution in [3.63, 3.8) is 0 Å². The number of anilines is 3. The number of esters is 2. The van der Waals surface area contributed by atoms with Gasteiger partial charge >= 0.3 is 59.8 Å². The molecule has 6 aliphatic rings. The maximum Gasteiger partial charge on any atom is 1.00 e. The summed E-state index contributed by atoms with van der Waals surface area (Å²) in [6.45, 7) is 5.19. The molecule has 11 aromatic rings. The molecule has 0 saturated heterocycles. The van der Waals surface area contributed by atoms with Crippen LogP contribution in [0.15, 0.2) is 225 Å². The second-order valence-electron chi connectivity index (χ2n) is 32.0. The number of aliphatic hydroxyl groups excluding tert-OH is 1. The van der Waals surface area contributed by atoms with E-state index in [4.69, 9.17) is 197 Å². The number of ether oxygens (including phenoxy) is 4. The van der Waals surface area contributed by atoms with Crippen molar-refractivity contribution < 1.29 is 268 Å². The zero-order valence-electron chi connectivity index (χ0n) is 189. The molecule has 0 spiro atoms. The standard InChI is InChI=1S/C31H33N3O3.C31H31N3O3.C31H34N2O3.C4H6O3.B.Na.61H2.H/c2*35-30(29-28(24-8-9-24)17-16-27-18-32-20-34(27)29)25-10-6-22(7-11-25)23-12-14-26(15-13-23)33-31(36)37-19-21-4-2-1-3-5-21;1-2-26-18-19-28(24-10-11-24)29(32-26)30(34)25-12-8-22(9-13-25)23-14-16-27(17-15-23)33-31(35)36-20-21-6-4-3-5-7-21;1-3(5)7-4(2)6;;;;;;;;;;;;;;;;;;;;;;;;;;;;;;;;;;;;;;;;;;;;;;;;;;;;;;;;;;;;;;;;/h1-5,12-18,20,22,24-25,30,35H,6-11,19H2,(H,33,36);1-5,12-18,20,22,24-25H,6-11,19H2,(H,33,36);3-7,14-19,22,24-25H,2,8-13,20H2,1H3,(H,33,35);1-2H3;;;61*1H;/q;;;;;+1;;;;;;;;;;;;;;;;;;;;;;;;;;;;;;;;;;;;;;;;;;;;;;;;;;;;;;;;;;;;;;-1/i;;;;;;60*1+1D;1+1;. The van der Waals surface area contributed by atoms with Gasteiger partial charge in [0.05, 0.1) is 53.6 Å². The number of pyridine rings is 3. The number of carbonyl (C=O) groups is 7. The summed E-state index contributed by atoms with van der Waals surface area (Å²) in [4.78, 5) is 96.6. The average Bonchev–Trinajstić information content (AvgIpc) is 1.62. The number of fused-ring (bicyclic) bond motifs is 2. The molecule has 1 atom stereocenters. The second kappa shape index (κ2) is 42.2. The van der Waals surface area contributed by atoms with E-state index in [1.807, 2.05) is 151 Å². The van der Waals surface area contributed by atoms with Gasteiger partial charge in [-0.05, 0) is 268 Å². The van der Waals surface area contributed by atoms with E-state index in [2.05, 4.69) is 115 Å². The van der Waals surface area contributed by atoms with E-state index in [9.17, 15) is 38.7 Å². The number of aryl methyl sites for hydroxylation is 1. The molecule has 5 aromatic heterocycles. The largest absolute Gasteiger partial charge is 1.00 e. The van der Waals surface area contributed by atoms with Crippen LogP contribution in [0.1, 0.15) is 441 Å². The van der Waals surface area contributed by atoms with Crippen LogP contribution >= 0.6 is 0 Å². The Kier molecular flexibility index (Phi) is 13.7. The van der Waals surface area contributed by atoms with Gasteiger partial charge < -0.3 is 29.9 Å². The number of nitrogens with zero attached hydrogens (tertiary/aromatic N) is 5. The number of Topliss-reactive ketones (excluding diaryl/α,β-unsaturated/α-hetero) is 2. The molecule has 22 heteroatoms.